The SMILES string of the molecule is C=C/C(=C\C)CN.CC. The van der Waals surface area contributed by atoms with Crippen molar-refractivity contribution in [3.05, 3.63) is 24.3 Å². The molecule has 0 atom stereocenters. The molecule has 0 saturated carbocycles. The standard InChI is InChI=1S/C6H11N.C2H6/c1-3-6(4-2)5-7;1-2/h3-4H,1,5,7H2,2H3;1-2H3/b6-4+;. The highest BCUT2D eigenvalue weighted by molar-refractivity contribution is 5.15. The normalized spacial score (nSPS) is 9.56. The summed E-state index contributed by atoms with van der Waals surface area (Å²) in [6.07, 6.45) is 3.72. The van der Waals surface area contributed by atoms with Gasteiger partial charge in [0.2, 0.25) is 0 Å². The molecule has 0 heterocycles. The molecule has 0 aromatic rings. The molecule has 2 N–H and O–H groups in total. The molecule has 0 rings (SSSR count). The zero-order chi connectivity index (χ0) is 7.70. The first-order chi connectivity index (χ1) is 4.35. The van der Waals surface area contributed by atoms with E-state index >= 15 is 0 Å². The predicted octanol–water partition coefficient (Wildman–Crippen LogP) is 2.10. The van der Waals surface area contributed by atoms with Crippen molar-refractivity contribution in [2.24, 2.45) is 5.73 Å². The van der Waals surface area contributed by atoms with Crippen LogP contribution in [0, 0.1) is 0 Å². The van der Waals surface area contributed by atoms with Crippen LogP contribution in [0.4, 0.5) is 0 Å². The third-order valence-electron chi connectivity index (χ3n) is 0.869. The molecule has 9 heavy (non-hydrogen) atoms. The zero-order valence-corrected chi connectivity index (χ0v) is 6.65. The largest absolute Gasteiger partial charge is 0.327 e. The summed E-state index contributed by atoms with van der Waals surface area (Å²) < 4.78 is 0. The fourth-order valence-corrected chi connectivity index (χ4v) is 0.319. The van der Waals surface area contributed by atoms with Crippen LogP contribution in [0.3, 0.4) is 0 Å². The molecule has 0 aliphatic carbocycles. The highest BCUT2D eigenvalue weighted by Gasteiger charge is 1.77. The van der Waals surface area contributed by atoms with Gasteiger partial charge < -0.3 is 5.73 Å². The highest BCUT2D eigenvalue weighted by atomic mass is 14.5. The Morgan fingerprint density at radius 1 is 1.56 bits per heavy atom. The minimum absolute atomic E-state index is 0.597. The molecule has 0 amide bonds. The van der Waals surface area contributed by atoms with Gasteiger partial charge in [-0.1, -0.05) is 32.6 Å². The molecule has 0 saturated heterocycles. The second kappa shape index (κ2) is 10.4. The van der Waals surface area contributed by atoms with Gasteiger partial charge in [-0.05, 0) is 12.5 Å². The molecule has 0 spiro atoms. The van der Waals surface area contributed by atoms with E-state index in [0.717, 1.165) is 5.57 Å². The van der Waals surface area contributed by atoms with Crippen LogP contribution in [-0.2, 0) is 0 Å². The summed E-state index contributed by atoms with van der Waals surface area (Å²) in [5.74, 6) is 0. The minimum atomic E-state index is 0.597. The lowest BCUT2D eigenvalue weighted by atomic mass is 10.2. The first kappa shape index (κ1) is 11.3. The maximum Gasteiger partial charge on any atom is 0.0174 e. The van der Waals surface area contributed by atoms with Gasteiger partial charge in [0.1, 0.15) is 0 Å². The average molecular weight is 127 g/mol. The van der Waals surface area contributed by atoms with E-state index in [4.69, 9.17) is 5.73 Å². The lowest BCUT2D eigenvalue weighted by Gasteiger charge is -1.88. The van der Waals surface area contributed by atoms with Crippen LogP contribution in [0.5, 0.6) is 0 Å². The Kier molecular flexibility index (Phi) is 13.1. The molecular formula is C8H17N. The predicted molar refractivity (Wildman–Crippen MR) is 44.4 cm³/mol. The fraction of sp³-hybridized carbons (Fsp3) is 0.500. The number of hydrogen-bond acceptors (Lipinski definition) is 1. The van der Waals surface area contributed by atoms with Crippen molar-refractivity contribution in [2.45, 2.75) is 20.8 Å². The quantitative estimate of drug-likeness (QED) is 0.565. The van der Waals surface area contributed by atoms with Gasteiger partial charge in [-0.3, -0.25) is 0 Å². The Hall–Kier alpha value is -0.560. The van der Waals surface area contributed by atoms with Gasteiger partial charge in [0, 0.05) is 6.54 Å². The summed E-state index contributed by atoms with van der Waals surface area (Å²) in [6, 6.07) is 0. The van der Waals surface area contributed by atoms with E-state index in [0.29, 0.717) is 6.54 Å². The topological polar surface area (TPSA) is 26.0 Å². The van der Waals surface area contributed by atoms with Gasteiger partial charge in [0.25, 0.3) is 0 Å². The van der Waals surface area contributed by atoms with Crippen LogP contribution in [0.15, 0.2) is 24.3 Å². The Morgan fingerprint density at radius 2 is 2.00 bits per heavy atom. The second-order valence-corrected chi connectivity index (χ2v) is 1.27. The van der Waals surface area contributed by atoms with Gasteiger partial charge in [-0.2, -0.15) is 0 Å². The van der Waals surface area contributed by atoms with Crippen LogP contribution in [0.2, 0.25) is 0 Å². The lowest BCUT2D eigenvalue weighted by molar-refractivity contribution is 1.18. The van der Waals surface area contributed by atoms with Crippen molar-refractivity contribution in [1.82, 2.24) is 0 Å². The fourth-order valence-electron chi connectivity index (χ4n) is 0.319. The number of rotatable bonds is 2. The van der Waals surface area contributed by atoms with Crippen LogP contribution in [-0.4, -0.2) is 6.54 Å². The average Bonchev–Trinajstić information content (AvgIpc) is 1.96. The van der Waals surface area contributed by atoms with Gasteiger partial charge in [-0.25, -0.2) is 0 Å². The highest BCUT2D eigenvalue weighted by Crippen LogP contribution is 1.88. The third-order valence-corrected chi connectivity index (χ3v) is 0.869. The molecule has 0 aromatic heterocycles. The summed E-state index contributed by atoms with van der Waals surface area (Å²) in [5, 5.41) is 0. The smallest absolute Gasteiger partial charge is 0.0174 e. The molecule has 1 heteroatoms. The lowest BCUT2D eigenvalue weighted by Crippen LogP contribution is -1.99. The monoisotopic (exact) mass is 127 g/mol. The van der Waals surface area contributed by atoms with Gasteiger partial charge in [0.15, 0.2) is 0 Å². The Balaban J connectivity index is 0. The van der Waals surface area contributed by atoms with Crippen molar-refractivity contribution in [3.8, 4) is 0 Å². The van der Waals surface area contributed by atoms with Crippen molar-refractivity contribution in [3.63, 3.8) is 0 Å². The molecule has 0 aliphatic heterocycles. The molecule has 0 aliphatic rings. The van der Waals surface area contributed by atoms with Gasteiger partial charge >= 0.3 is 0 Å². The molecule has 0 fully saturated rings. The van der Waals surface area contributed by atoms with E-state index in [1.807, 2.05) is 26.8 Å². The summed E-state index contributed by atoms with van der Waals surface area (Å²) in [7, 11) is 0. The first-order valence-corrected chi connectivity index (χ1v) is 3.32. The van der Waals surface area contributed by atoms with Crippen LogP contribution in [0.25, 0.3) is 0 Å². The summed E-state index contributed by atoms with van der Waals surface area (Å²) in [6.45, 7) is 10.1. The van der Waals surface area contributed by atoms with E-state index in [9.17, 15) is 0 Å². The van der Waals surface area contributed by atoms with Crippen molar-refractivity contribution >= 4 is 0 Å². The second-order valence-electron chi connectivity index (χ2n) is 1.27. The van der Waals surface area contributed by atoms with E-state index in [1.165, 1.54) is 0 Å². The van der Waals surface area contributed by atoms with Gasteiger partial charge in [-0.15, -0.1) is 0 Å². The van der Waals surface area contributed by atoms with Crippen molar-refractivity contribution < 1.29 is 0 Å². The van der Waals surface area contributed by atoms with Crippen molar-refractivity contribution in [2.75, 3.05) is 6.54 Å². The van der Waals surface area contributed by atoms with E-state index < -0.39 is 0 Å². The molecule has 54 valence electrons. The van der Waals surface area contributed by atoms with Gasteiger partial charge in [0.05, 0.1) is 0 Å². The third kappa shape index (κ3) is 7.44. The molecule has 1 nitrogen and oxygen atoms in total. The minimum Gasteiger partial charge on any atom is -0.327 e. The number of allylic oxidation sites excluding steroid dienone is 1. The van der Waals surface area contributed by atoms with E-state index in [1.54, 1.807) is 6.08 Å². The molecular weight excluding hydrogens is 110 g/mol. The molecule has 0 aromatic carbocycles. The van der Waals surface area contributed by atoms with Crippen molar-refractivity contribution in [1.29, 1.82) is 0 Å². The maximum atomic E-state index is 5.25. The first-order valence-electron chi connectivity index (χ1n) is 3.32. The number of nitrogens with two attached hydrogens (primary N) is 1. The van der Waals surface area contributed by atoms with E-state index in [2.05, 4.69) is 6.58 Å². The van der Waals surface area contributed by atoms with E-state index in [-0.39, 0.29) is 0 Å². The summed E-state index contributed by atoms with van der Waals surface area (Å²) in [5.41, 5.74) is 6.35. The van der Waals surface area contributed by atoms with Crippen LogP contribution in [0.1, 0.15) is 20.8 Å². The Morgan fingerprint density at radius 3 is 2.00 bits per heavy atom. The maximum absolute atomic E-state index is 5.25. The zero-order valence-electron chi connectivity index (χ0n) is 6.65. The number of hydrogen-bond donors (Lipinski definition) is 1. The summed E-state index contributed by atoms with van der Waals surface area (Å²) in [4.78, 5) is 0. The summed E-state index contributed by atoms with van der Waals surface area (Å²) >= 11 is 0. The van der Waals surface area contributed by atoms with Crippen LogP contribution >= 0.6 is 0 Å². The molecule has 0 radical (unpaired) electrons. The molecule has 0 unspecified atom stereocenters. The van der Waals surface area contributed by atoms with Crippen LogP contribution < -0.4 is 5.73 Å². The Labute approximate surface area is 58.3 Å². The Bertz CT molecular complexity index is 82.6. The molecule has 0 bridgehead atoms.